The van der Waals surface area contributed by atoms with Crippen molar-refractivity contribution >= 4 is 5.57 Å². The molecule has 0 saturated heterocycles. The summed E-state index contributed by atoms with van der Waals surface area (Å²) in [6, 6.07) is 13.3. The van der Waals surface area contributed by atoms with Crippen LogP contribution in [0.1, 0.15) is 49.8 Å². The SMILES string of the molecule is CC(C)(C)c1cc(C2=CCC(c3ccc(O)cc3)C=C2)ccc1O. The molecule has 0 spiro atoms. The van der Waals surface area contributed by atoms with E-state index < -0.39 is 0 Å². The molecule has 2 N–H and O–H groups in total. The lowest BCUT2D eigenvalue weighted by Crippen LogP contribution is -2.11. The van der Waals surface area contributed by atoms with Crippen LogP contribution in [0.2, 0.25) is 0 Å². The molecule has 0 aliphatic heterocycles. The average molecular weight is 320 g/mol. The summed E-state index contributed by atoms with van der Waals surface area (Å²) in [5.41, 5.74) is 4.41. The monoisotopic (exact) mass is 320 g/mol. The van der Waals surface area contributed by atoms with Crippen molar-refractivity contribution in [1.82, 2.24) is 0 Å². The van der Waals surface area contributed by atoms with Crippen molar-refractivity contribution in [3.8, 4) is 11.5 Å². The van der Waals surface area contributed by atoms with Gasteiger partial charge in [0.1, 0.15) is 11.5 Å². The van der Waals surface area contributed by atoms with E-state index >= 15 is 0 Å². The Morgan fingerprint density at radius 1 is 0.958 bits per heavy atom. The molecule has 1 aliphatic carbocycles. The van der Waals surface area contributed by atoms with Crippen molar-refractivity contribution in [2.24, 2.45) is 0 Å². The molecule has 1 atom stereocenters. The quantitative estimate of drug-likeness (QED) is 0.764. The van der Waals surface area contributed by atoms with E-state index in [-0.39, 0.29) is 5.41 Å². The van der Waals surface area contributed by atoms with Crippen LogP contribution >= 0.6 is 0 Å². The summed E-state index contributed by atoms with van der Waals surface area (Å²) < 4.78 is 0. The van der Waals surface area contributed by atoms with Gasteiger partial charge < -0.3 is 10.2 Å². The molecule has 0 aromatic heterocycles. The molecule has 2 heteroatoms. The van der Waals surface area contributed by atoms with Crippen molar-refractivity contribution in [2.45, 2.75) is 38.5 Å². The predicted octanol–water partition coefficient (Wildman–Crippen LogP) is 5.52. The molecular formula is C22H24O2. The van der Waals surface area contributed by atoms with E-state index in [9.17, 15) is 10.2 Å². The van der Waals surface area contributed by atoms with Crippen LogP contribution in [0.5, 0.6) is 11.5 Å². The van der Waals surface area contributed by atoms with Gasteiger partial charge in [-0.25, -0.2) is 0 Å². The molecule has 0 radical (unpaired) electrons. The Bertz CT molecular complexity index is 790. The molecule has 0 heterocycles. The highest BCUT2D eigenvalue weighted by atomic mass is 16.3. The Balaban J connectivity index is 1.83. The molecule has 2 aromatic carbocycles. The highest BCUT2D eigenvalue weighted by molar-refractivity contribution is 5.76. The first-order chi connectivity index (χ1) is 11.3. The lowest BCUT2D eigenvalue weighted by molar-refractivity contribution is 0.446. The van der Waals surface area contributed by atoms with E-state index in [1.165, 1.54) is 11.1 Å². The normalized spacial score (nSPS) is 17.6. The molecule has 124 valence electrons. The Kier molecular flexibility index (Phi) is 4.23. The minimum atomic E-state index is -0.0897. The molecular weight excluding hydrogens is 296 g/mol. The summed E-state index contributed by atoms with van der Waals surface area (Å²) in [6.45, 7) is 6.33. The van der Waals surface area contributed by atoms with Gasteiger partial charge >= 0.3 is 0 Å². The zero-order valence-electron chi connectivity index (χ0n) is 14.5. The van der Waals surface area contributed by atoms with E-state index in [2.05, 4.69) is 45.1 Å². The van der Waals surface area contributed by atoms with Crippen LogP contribution in [-0.4, -0.2) is 10.2 Å². The van der Waals surface area contributed by atoms with Crippen LogP contribution in [0.15, 0.2) is 60.7 Å². The highest BCUT2D eigenvalue weighted by Gasteiger charge is 2.19. The van der Waals surface area contributed by atoms with Gasteiger partial charge in [0.15, 0.2) is 0 Å². The number of benzene rings is 2. The second-order valence-corrected chi connectivity index (χ2v) is 7.43. The summed E-state index contributed by atoms with van der Waals surface area (Å²) in [6.07, 6.45) is 7.55. The number of hydrogen-bond donors (Lipinski definition) is 2. The van der Waals surface area contributed by atoms with Crippen LogP contribution in [-0.2, 0) is 5.41 Å². The zero-order valence-corrected chi connectivity index (χ0v) is 14.5. The summed E-state index contributed by atoms with van der Waals surface area (Å²) in [4.78, 5) is 0. The van der Waals surface area contributed by atoms with Gasteiger partial charge in [0.05, 0.1) is 0 Å². The second-order valence-electron chi connectivity index (χ2n) is 7.43. The van der Waals surface area contributed by atoms with Crippen LogP contribution in [0.4, 0.5) is 0 Å². The molecule has 2 nitrogen and oxygen atoms in total. The van der Waals surface area contributed by atoms with E-state index in [1.54, 1.807) is 18.2 Å². The van der Waals surface area contributed by atoms with E-state index in [4.69, 9.17) is 0 Å². The summed E-state index contributed by atoms with van der Waals surface area (Å²) >= 11 is 0. The van der Waals surface area contributed by atoms with Crippen molar-refractivity contribution in [2.75, 3.05) is 0 Å². The Morgan fingerprint density at radius 3 is 2.25 bits per heavy atom. The minimum absolute atomic E-state index is 0.0897. The van der Waals surface area contributed by atoms with Gasteiger partial charge in [-0.15, -0.1) is 0 Å². The maximum absolute atomic E-state index is 10.1. The first-order valence-corrected chi connectivity index (χ1v) is 8.36. The number of phenols is 2. The third-order valence-corrected chi connectivity index (χ3v) is 4.56. The van der Waals surface area contributed by atoms with Gasteiger partial charge in [0, 0.05) is 5.92 Å². The van der Waals surface area contributed by atoms with Crippen LogP contribution in [0, 0.1) is 0 Å². The van der Waals surface area contributed by atoms with E-state index in [1.807, 2.05) is 18.2 Å². The molecule has 0 bridgehead atoms. The molecule has 2 aromatic rings. The first kappa shape index (κ1) is 16.4. The maximum atomic E-state index is 10.1. The van der Waals surface area contributed by atoms with Crippen LogP contribution < -0.4 is 0 Å². The number of phenolic OH excluding ortho intramolecular Hbond substituents is 2. The molecule has 1 aliphatic rings. The number of aromatic hydroxyl groups is 2. The minimum Gasteiger partial charge on any atom is -0.508 e. The van der Waals surface area contributed by atoms with Gasteiger partial charge in [0.2, 0.25) is 0 Å². The Morgan fingerprint density at radius 2 is 1.67 bits per heavy atom. The third kappa shape index (κ3) is 3.38. The van der Waals surface area contributed by atoms with Gasteiger partial charge in [-0.3, -0.25) is 0 Å². The van der Waals surface area contributed by atoms with Gasteiger partial charge in [-0.1, -0.05) is 57.2 Å². The molecule has 24 heavy (non-hydrogen) atoms. The topological polar surface area (TPSA) is 40.5 Å². The summed E-state index contributed by atoms with van der Waals surface area (Å²) in [5.74, 6) is 0.996. The highest BCUT2D eigenvalue weighted by Crippen LogP contribution is 2.36. The molecule has 3 rings (SSSR count). The fourth-order valence-electron chi connectivity index (χ4n) is 3.12. The Hall–Kier alpha value is -2.48. The standard InChI is InChI=1S/C22H24O2/c1-22(2,3)20-14-18(10-13-21(20)24)17-6-4-15(5-7-17)16-8-11-19(23)12-9-16/h4,6-15,23-24H,5H2,1-3H3. The van der Waals surface area contributed by atoms with Crippen LogP contribution in [0.25, 0.3) is 5.57 Å². The van der Waals surface area contributed by atoms with Gasteiger partial charge in [-0.05, 0) is 58.4 Å². The fraction of sp³-hybridized carbons (Fsp3) is 0.273. The van der Waals surface area contributed by atoms with Gasteiger partial charge in [-0.2, -0.15) is 0 Å². The lowest BCUT2D eigenvalue weighted by atomic mass is 9.83. The average Bonchev–Trinajstić information content (AvgIpc) is 2.55. The zero-order chi connectivity index (χ0) is 17.3. The second kappa shape index (κ2) is 6.20. The van der Waals surface area contributed by atoms with Gasteiger partial charge in [0.25, 0.3) is 0 Å². The number of hydrogen-bond acceptors (Lipinski definition) is 2. The van der Waals surface area contributed by atoms with Crippen molar-refractivity contribution in [3.63, 3.8) is 0 Å². The van der Waals surface area contributed by atoms with Crippen molar-refractivity contribution < 1.29 is 10.2 Å². The predicted molar refractivity (Wildman–Crippen MR) is 99.4 cm³/mol. The summed E-state index contributed by atoms with van der Waals surface area (Å²) in [5, 5.41) is 19.5. The smallest absolute Gasteiger partial charge is 0.119 e. The number of rotatable bonds is 2. The molecule has 1 unspecified atom stereocenters. The van der Waals surface area contributed by atoms with Crippen molar-refractivity contribution in [3.05, 3.63) is 77.4 Å². The number of allylic oxidation sites excluding steroid dienone is 4. The van der Waals surface area contributed by atoms with E-state index in [0.29, 0.717) is 17.4 Å². The molecule has 0 fully saturated rings. The summed E-state index contributed by atoms with van der Waals surface area (Å²) in [7, 11) is 0. The van der Waals surface area contributed by atoms with E-state index in [0.717, 1.165) is 17.5 Å². The Labute approximate surface area is 143 Å². The molecule has 0 saturated carbocycles. The molecule has 0 amide bonds. The van der Waals surface area contributed by atoms with Crippen molar-refractivity contribution in [1.29, 1.82) is 0 Å². The van der Waals surface area contributed by atoms with Crippen LogP contribution in [0.3, 0.4) is 0 Å². The fourth-order valence-corrected chi connectivity index (χ4v) is 3.12. The third-order valence-electron chi connectivity index (χ3n) is 4.56. The largest absolute Gasteiger partial charge is 0.508 e. The lowest BCUT2D eigenvalue weighted by Gasteiger charge is -2.22. The first-order valence-electron chi connectivity index (χ1n) is 8.36. The maximum Gasteiger partial charge on any atom is 0.119 e.